The van der Waals surface area contributed by atoms with Gasteiger partial charge in [-0.25, -0.2) is 23.1 Å². The molecule has 1 N–H and O–H groups in total. The molecule has 3 heterocycles. The summed E-state index contributed by atoms with van der Waals surface area (Å²) in [6.07, 6.45) is 3.56. The van der Waals surface area contributed by atoms with Gasteiger partial charge in [-0.3, -0.25) is 4.57 Å². The molecular formula is C22H17F2N5O3. The van der Waals surface area contributed by atoms with E-state index in [9.17, 15) is 13.6 Å². The zero-order valence-electron chi connectivity index (χ0n) is 16.7. The molecule has 1 aliphatic carbocycles. The van der Waals surface area contributed by atoms with Crippen molar-refractivity contribution >= 4 is 17.1 Å². The first-order chi connectivity index (χ1) is 15.6. The van der Waals surface area contributed by atoms with Crippen LogP contribution in [0.15, 0.2) is 47.4 Å². The number of anilines is 1. The van der Waals surface area contributed by atoms with Gasteiger partial charge < -0.3 is 14.8 Å². The zero-order valence-corrected chi connectivity index (χ0v) is 16.7. The Balaban J connectivity index is 1.55. The quantitative estimate of drug-likeness (QED) is 0.516. The molecule has 2 aromatic heterocycles. The van der Waals surface area contributed by atoms with E-state index in [1.165, 1.54) is 21.4 Å². The van der Waals surface area contributed by atoms with Gasteiger partial charge in [-0.2, -0.15) is 4.98 Å². The fourth-order valence-electron chi connectivity index (χ4n) is 3.77. The number of imidazole rings is 1. The predicted octanol–water partition coefficient (Wildman–Crippen LogP) is 3.21. The molecule has 162 valence electrons. The van der Waals surface area contributed by atoms with Crippen molar-refractivity contribution in [3.05, 3.63) is 70.3 Å². The Hall–Kier alpha value is -3.95. The van der Waals surface area contributed by atoms with Gasteiger partial charge in [0.1, 0.15) is 17.2 Å². The molecule has 32 heavy (non-hydrogen) atoms. The molecule has 0 saturated heterocycles. The van der Waals surface area contributed by atoms with Crippen LogP contribution in [0.3, 0.4) is 0 Å². The Labute approximate surface area is 180 Å². The lowest BCUT2D eigenvalue weighted by Gasteiger charge is -2.06. The molecule has 10 heteroatoms. The summed E-state index contributed by atoms with van der Waals surface area (Å²) in [5.41, 5.74) is 0.465. The van der Waals surface area contributed by atoms with E-state index in [0.29, 0.717) is 40.3 Å². The average molecular weight is 437 g/mol. The molecule has 2 aromatic carbocycles. The molecule has 1 aliphatic heterocycles. The van der Waals surface area contributed by atoms with Crippen LogP contribution in [0.2, 0.25) is 0 Å². The van der Waals surface area contributed by atoms with Gasteiger partial charge in [0.05, 0.1) is 18.4 Å². The molecule has 1 saturated carbocycles. The third-order valence-electron chi connectivity index (χ3n) is 5.58. The van der Waals surface area contributed by atoms with Crippen molar-refractivity contribution in [3.63, 3.8) is 0 Å². The van der Waals surface area contributed by atoms with Gasteiger partial charge in [-0.1, -0.05) is 6.07 Å². The summed E-state index contributed by atoms with van der Waals surface area (Å²) in [6, 6.07) is 9.00. The smallest absolute Gasteiger partial charge is 0.335 e. The third kappa shape index (κ3) is 3.06. The van der Waals surface area contributed by atoms with Crippen LogP contribution in [0.5, 0.6) is 11.5 Å². The minimum atomic E-state index is -0.728. The van der Waals surface area contributed by atoms with Crippen molar-refractivity contribution in [1.29, 1.82) is 0 Å². The largest absolute Gasteiger partial charge is 0.454 e. The first-order valence-electron chi connectivity index (χ1n) is 10.2. The molecule has 6 rings (SSSR count). The van der Waals surface area contributed by atoms with Crippen molar-refractivity contribution in [2.45, 2.75) is 25.4 Å². The molecule has 0 atom stereocenters. The Morgan fingerprint density at radius 3 is 2.66 bits per heavy atom. The topological polar surface area (TPSA) is 83.2 Å². The first-order valence-corrected chi connectivity index (χ1v) is 10.2. The van der Waals surface area contributed by atoms with Crippen LogP contribution in [-0.4, -0.2) is 31.9 Å². The normalized spacial score (nSPS) is 14.8. The minimum absolute atomic E-state index is 0.0969. The van der Waals surface area contributed by atoms with Gasteiger partial charge in [-0.05, 0) is 37.1 Å². The molecule has 2 aliphatic rings. The van der Waals surface area contributed by atoms with E-state index >= 15 is 0 Å². The number of nitrogens with one attached hydrogen (secondary N) is 1. The van der Waals surface area contributed by atoms with Crippen molar-refractivity contribution < 1.29 is 18.3 Å². The predicted molar refractivity (Wildman–Crippen MR) is 111 cm³/mol. The van der Waals surface area contributed by atoms with E-state index in [2.05, 4.69) is 15.3 Å². The van der Waals surface area contributed by atoms with Crippen LogP contribution in [0.25, 0.3) is 16.9 Å². The van der Waals surface area contributed by atoms with E-state index in [0.717, 1.165) is 25.0 Å². The molecule has 8 nitrogen and oxygen atoms in total. The highest BCUT2D eigenvalue weighted by Gasteiger charge is 2.25. The molecular weight excluding hydrogens is 420 g/mol. The Morgan fingerprint density at radius 1 is 1.09 bits per heavy atom. The van der Waals surface area contributed by atoms with Crippen molar-refractivity contribution in [1.82, 2.24) is 19.1 Å². The number of fused-ring (bicyclic) bond motifs is 2. The monoisotopic (exact) mass is 437 g/mol. The lowest BCUT2D eigenvalue weighted by molar-refractivity contribution is 0.174. The summed E-state index contributed by atoms with van der Waals surface area (Å²) in [5, 5.41) is 3.21. The number of hydrogen-bond donors (Lipinski definition) is 1. The molecule has 0 radical (unpaired) electrons. The molecule has 0 amide bonds. The summed E-state index contributed by atoms with van der Waals surface area (Å²) in [4.78, 5) is 22.3. The van der Waals surface area contributed by atoms with E-state index in [-0.39, 0.29) is 18.9 Å². The second kappa shape index (κ2) is 7.04. The maximum Gasteiger partial charge on any atom is 0.335 e. The lowest BCUT2D eigenvalue weighted by Crippen LogP contribution is -2.24. The lowest BCUT2D eigenvalue weighted by atomic mass is 10.2. The van der Waals surface area contributed by atoms with E-state index in [4.69, 9.17) is 9.47 Å². The van der Waals surface area contributed by atoms with E-state index in [1.807, 2.05) is 0 Å². The summed E-state index contributed by atoms with van der Waals surface area (Å²) in [7, 11) is 0. The van der Waals surface area contributed by atoms with Crippen LogP contribution in [-0.2, 0) is 6.54 Å². The number of aromatic nitrogens is 4. The number of halogens is 2. The zero-order chi connectivity index (χ0) is 21.8. The second-order valence-electron chi connectivity index (χ2n) is 7.76. The van der Waals surface area contributed by atoms with Crippen LogP contribution >= 0.6 is 0 Å². The molecule has 0 unspecified atom stereocenters. The number of benzene rings is 2. The third-order valence-corrected chi connectivity index (χ3v) is 5.58. The van der Waals surface area contributed by atoms with Crippen LogP contribution < -0.4 is 20.5 Å². The Kier molecular flexibility index (Phi) is 4.14. The fraction of sp³-hybridized carbons (Fsp3) is 0.227. The van der Waals surface area contributed by atoms with Crippen LogP contribution in [0.4, 0.5) is 14.7 Å². The number of rotatable bonds is 5. The van der Waals surface area contributed by atoms with E-state index < -0.39 is 17.3 Å². The summed E-state index contributed by atoms with van der Waals surface area (Å²) < 4.78 is 42.1. The minimum Gasteiger partial charge on any atom is -0.454 e. The fourth-order valence-corrected chi connectivity index (χ4v) is 3.77. The SMILES string of the molecule is O=c1n(Cc2c(F)cccc2F)c2cnc(NC3CC3)nc2n1-c1ccc2c(c1)OCO2. The van der Waals surface area contributed by atoms with Gasteiger partial charge >= 0.3 is 5.69 Å². The number of hydrogen-bond acceptors (Lipinski definition) is 6. The molecule has 4 aromatic rings. The maximum absolute atomic E-state index is 14.3. The average Bonchev–Trinajstić information content (AvgIpc) is 3.39. The highest BCUT2D eigenvalue weighted by Crippen LogP contribution is 2.34. The maximum atomic E-state index is 14.3. The standard InChI is InChI=1S/C22H17F2N5O3/c23-15-2-1-3-16(24)14(15)10-28-17-9-25-21(26-12-4-5-12)27-20(17)29(22(28)30)13-6-7-18-19(8-13)32-11-31-18/h1-3,6-9,12H,4-5,10-11H2,(H,25,26,27). The Morgan fingerprint density at radius 2 is 1.88 bits per heavy atom. The summed E-state index contributed by atoms with van der Waals surface area (Å²) in [5.74, 6) is 0.0110. The van der Waals surface area contributed by atoms with Crippen LogP contribution in [0.1, 0.15) is 18.4 Å². The van der Waals surface area contributed by atoms with Crippen molar-refractivity contribution in [2.24, 2.45) is 0 Å². The van der Waals surface area contributed by atoms with E-state index in [1.54, 1.807) is 18.2 Å². The first kappa shape index (κ1) is 18.8. The van der Waals surface area contributed by atoms with Gasteiger partial charge in [0.2, 0.25) is 12.7 Å². The molecule has 1 fully saturated rings. The van der Waals surface area contributed by atoms with Gasteiger partial charge in [0.15, 0.2) is 17.1 Å². The van der Waals surface area contributed by atoms with Gasteiger partial charge in [0, 0.05) is 17.7 Å². The highest BCUT2D eigenvalue weighted by atomic mass is 19.1. The summed E-state index contributed by atoms with van der Waals surface area (Å²) >= 11 is 0. The van der Waals surface area contributed by atoms with Crippen molar-refractivity contribution in [3.8, 4) is 17.2 Å². The second-order valence-corrected chi connectivity index (χ2v) is 7.76. The molecule has 0 spiro atoms. The Bertz CT molecular complexity index is 1410. The van der Waals surface area contributed by atoms with Gasteiger partial charge in [-0.15, -0.1) is 0 Å². The highest BCUT2D eigenvalue weighted by molar-refractivity contribution is 5.75. The molecule has 0 bridgehead atoms. The van der Waals surface area contributed by atoms with Crippen LogP contribution in [0, 0.1) is 11.6 Å². The van der Waals surface area contributed by atoms with Gasteiger partial charge in [0.25, 0.3) is 0 Å². The number of ether oxygens (including phenoxy) is 2. The number of nitrogens with zero attached hydrogens (tertiary/aromatic N) is 4. The van der Waals surface area contributed by atoms with Crippen molar-refractivity contribution in [2.75, 3.05) is 12.1 Å². The summed E-state index contributed by atoms with van der Waals surface area (Å²) in [6.45, 7) is -0.205.